The molecule has 0 spiro atoms. The highest BCUT2D eigenvalue weighted by atomic mass is 32.2. The summed E-state index contributed by atoms with van der Waals surface area (Å²) in [7, 11) is 3.21. The molecule has 0 amide bonds. The van der Waals surface area contributed by atoms with Gasteiger partial charge in [0.25, 0.3) is 5.56 Å². The molecular formula is C21H18N4O3S. The van der Waals surface area contributed by atoms with Gasteiger partial charge in [-0.1, -0.05) is 11.8 Å². The lowest BCUT2D eigenvalue weighted by atomic mass is 10.1. The van der Waals surface area contributed by atoms with Crippen LogP contribution in [0, 0.1) is 11.3 Å². The summed E-state index contributed by atoms with van der Waals surface area (Å²) < 4.78 is 11.9. The number of rotatable bonds is 4. The molecule has 4 rings (SSSR count). The predicted octanol–water partition coefficient (Wildman–Crippen LogP) is 3.33. The fourth-order valence-corrected chi connectivity index (χ4v) is 4.08. The number of fused-ring (bicyclic) bond motifs is 1. The Kier molecular flexibility index (Phi) is 5.14. The molecule has 0 bridgehead atoms. The van der Waals surface area contributed by atoms with E-state index in [1.807, 2.05) is 35.2 Å². The average Bonchev–Trinajstić information content (AvgIpc) is 2.79. The largest absolute Gasteiger partial charge is 0.497 e. The van der Waals surface area contributed by atoms with Gasteiger partial charge in [-0.2, -0.15) is 5.26 Å². The minimum absolute atomic E-state index is 0.0381. The Morgan fingerprint density at radius 1 is 1.03 bits per heavy atom. The van der Waals surface area contributed by atoms with E-state index in [4.69, 9.17) is 9.47 Å². The summed E-state index contributed by atoms with van der Waals surface area (Å²) >= 11 is 1.46. The number of hydrogen-bond acceptors (Lipinski definition) is 7. The number of nitriles is 1. The fraction of sp³-hybridized carbons (Fsp3) is 0.190. The molecule has 1 aromatic heterocycles. The number of ether oxygens (including phenoxy) is 2. The van der Waals surface area contributed by atoms with Gasteiger partial charge in [0.15, 0.2) is 5.16 Å². The molecule has 0 saturated heterocycles. The molecule has 0 unspecified atom stereocenters. The lowest BCUT2D eigenvalue weighted by Gasteiger charge is -2.31. The molecule has 0 atom stereocenters. The molecule has 3 aromatic rings. The summed E-state index contributed by atoms with van der Waals surface area (Å²) in [5.41, 5.74) is 1.77. The first-order valence-electron chi connectivity index (χ1n) is 8.85. The second-order valence-electron chi connectivity index (χ2n) is 6.34. The second-order valence-corrected chi connectivity index (χ2v) is 7.26. The van der Waals surface area contributed by atoms with Gasteiger partial charge >= 0.3 is 0 Å². The van der Waals surface area contributed by atoms with Crippen LogP contribution in [-0.4, -0.2) is 29.6 Å². The molecular weight excluding hydrogens is 388 g/mol. The fourth-order valence-electron chi connectivity index (χ4n) is 3.12. The van der Waals surface area contributed by atoms with E-state index in [1.54, 1.807) is 43.1 Å². The summed E-state index contributed by atoms with van der Waals surface area (Å²) in [6.07, 6.45) is 0. The molecule has 29 heavy (non-hydrogen) atoms. The van der Waals surface area contributed by atoms with E-state index in [1.165, 1.54) is 11.8 Å². The van der Waals surface area contributed by atoms with Crippen molar-refractivity contribution in [2.24, 2.45) is 0 Å². The Morgan fingerprint density at radius 2 is 1.66 bits per heavy atom. The second kappa shape index (κ2) is 7.89. The number of thioether (sulfide) groups is 1. The van der Waals surface area contributed by atoms with Crippen LogP contribution in [-0.2, 0) is 6.67 Å². The molecule has 0 aliphatic carbocycles. The van der Waals surface area contributed by atoms with E-state index >= 15 is 0 Å². The van der Waals surface area contributed by atoms with Crippen LogP contribution < -0.4 is 19.9 Å². The van der Waals surface area contributed by atoms with Crippen molar-refractivity contribution in [1.29, 1.82) is 5.26 Å². The third-order valence-electron chi connectivity index (χ3n) is 4.71. The number of benzene rings is 2. The Hall–Kier alpha value is -3.44. The van der Waals surface area contributed by atoms with Crippen LogP contribution in [0.15, 0.2) is 58.5 Å². The quantitative estimate of drug-likeness (QED) is 0.615. The van der Waals surface area contributed by atoms with Crippen molar-refractivity contribution < 1.29 is 9.47 Å². The molecule has 2 aromatic carbocycles. The van der Waals surface area contributed by atoms with E-state index in [9.17, 15) is 10.1 Å². The van der Waals surface area contributed by atoms with Gasteiger partial charge in [-0.15, -0.1) is 0 Å². The van der Waals surface area contributed by atoms with Crippen molar-refractivity contribution in [2.75, 3.05) is 25.0 Å². The lowest BCUT2D eigenvalue weighted by Crippen LogP contribution is -2.38. The zero-order chi connectivity index (χ0) is 20.4. The van der Waals surface area contributed by atoms with Crippen molar-refractivity contribution in [2.45, 2.75) is 11.8 Å². The van der Waals surface area contributed by atoms with Crippen LogP contribution in [0.25, 0.3) is 11.3 Å². The van der Waals surface area contributed by atoms with Gasteiger partial charge in [-0.25, -0.2) is 4.98 Å². The maximum atomic E-state index is 13.1. The van der Waals surface area contributed by atoms with Crippen molar-refractivity contribution >= 4 is 17.4 Å². The van der Waals surface area contributed by atoms with E-state index in [2.05, 4.69) is 4.98 Å². The van der Waals surface area contributed by atoms with Gasteiger partial charge < -0.3 is 14.4 Å². The number of anilines is 1. The minimum atomic E-state index is -0.339. The third-order valence-corrected chi connectivity index (χ3v) is 5.72. The van der Waals surface area contributed by atoms with Gasteiger partial charge in [0, 0.05) is 11.3 Å². The molecule has 0 radical (unpaired) electrons. The van der Waals surface area contributed by atoms with E-state index in [-0.39, 0.29) is 11.1 Å². The highest BCUT2D eigenvalue weighted by molar-refractivity contribution is 7.99. The minimum Gasteiger partial charge on any atom is -0.497 e. The Labute approximate surface area is 172 Å². The van der Waals surface area contributed by atoms with Gasteiger partial charge in [0.1, 0.15) is 29.8 Å². The van der Waals surface area contributed by atoms with E-state index < -0.39 is 0 Å². The maximum Gasteiger partial charge on any atom is 0.274 e. The van der Waals surface area contributed by atoms with Crippen LogP contribution >= 0.6 is 11.8 Å². The maximum absolute atomic E-state index is 13.1. The van der Waals surface area contributed by atoms with Crippen LogP contribution in [0.4, 0.5) is 5.69 Å². The first kappa shape index (κ1) is 18.9. The van der Waals surface area contributed by atoms with Gasteiger partial charge in [0.2, 0.25) is 0 Å². The molecule has 0 saturated carbocycles. The zero-order valence-electron chi connectivity index (χ0n) is 16.0. The van der Waals surface area contributed by atoms with Gasteiger partial charge in [0.05, 0.1) is 25.8 Å². The molecule has 1 aliphatic heterocycles. The van der Waals surface area contributed by atoms with Crippen molar-refractivity contribution in [3.8, 4) is 28.8 Å². The SMILES string of the molecule is COc1ccc(-c2nc3n(c(=O)c2C#N)CN(c2ccc(OC)cc2)CS3)cc1. The van der Waals surface area contributed by atoms with Crippen molar-refractivity contribution in [3.05, 3.63) is 64.4 Å². The topological polar surface area (TPSA) is 80.4 Å². The third kappa shape index (κ3) is 3.52. The number of hydrogen-bond donors (Lipinski definition) is 0. The lowest BCUT2D eigenvalue weighted by molar-refractivity contribution is 0.414. The van der Waals surface area contributed by atoms with Crippen molar-refractivity contribution in [3.63, 3.8) is 0 Å². The van der Waals surface area contributed by atoms with E-state index in [0.29, 0.717) is 34.7 Å². The summed E-state index contributed by atoms with van der Waals surface area (Å²) in [6.45, 7) is 0.331. The standard InChI is InChI=1S/C21H18N4O3S/c1-27-16-7-3-14(4-8-16)19-18(11-22)20(26)25-12-24(13-29-21(25)23-19)15-5-9-17(28-2)10-6-15/h3-10H,12-13H2,1-2H3. The smallest absolute Gasteiger partial charge is 0.274 e. The molecule has 1 aliphatic rings. The number of nitrogens with zero attached hydrogens (tertiary/aromatic N) is 4. The Morgan fingerprint density at radius 3 is 2.24 bits per heavy atom. The Balaban J connectivity index is 1.72. The number of aromatic nitrogens is 2. The van der Waals surface area contributed by atoms with Gasteiger partial charge in [-0.3, -0.25) is 9.36 Å². The van der Waals surface area contributed by atoms with Crippen LogP contribution in [0.3, 0.4) is 0 Å². The van der Waals surface area contributed by atoms with Gasteiger partial charge in [-0.05, 0) is 48.5 Å². The normalized spacial score (nSPS) is 12.8. The molecule has 0 N–H and O–H groups in total. The highest BCUT2D eigenvalue weighted by Crippen LogP contribution is 2.30. The zero-order valence-corrected chi connectivity index (χ0v) is 16.8. The monoisotopic (exact) mass is 406 g/mol. The Bertz CT molecular complexity index is 1130. The highest BCUT2D eigenvalue weighted by Gasteiger charge is 2.24. The predicted molar refractivity (Wildman–Crippen MR) is 111 cm³/mol. The molecule has 8 heteroatoms. The van der Waals surface area contributed by atoms with E-state index in [0.717, 1.165) is 11.4 Å². The molecule has 7 nitrogen and oxygen atoms in total. The van der Waals surface area contributed by atoms with Crippen LogP contribution in [0.5, 0.6) is 11.5 Å². The molecule has 0 fully saturated rings. The average molecular weight is 406 g/mol. The summed E-state index contributed by atoms with van der Waals surface area (Å²) in [5.74, 6) is 2.12. The number of methoxy groups -OCH3 is 2. The first-order valence-corrected chi connectivity index (χ1v) is 9.84. The van der Waals surface area contributed by atoms with Crippen molar-refractivity contribution in [1.82, 2.24) is 9.55 Å². The summed E-state index contributed by atoms with van der Waals surface area (Å²) in [5, 5.41) is 10.2. The molecule has 146 valence electrons. The summed E-state index contributed by atoms with van der Waals surface area (Å²) in [6, 6.07) is 16.9. The van der Waals surface area contributed by atoms with Crippen LogP contribution in [0.1, 0.15) is 5.56 Å². The first-order chi connectivity index (χ1) is 14.1. The molecule has 2 heterocycles. The summed E-state index contributed by atoms with van der Waals surface area (Å²) in [4.78, 5) is 19.7. The van der Waals surface area contributed by atoms with Crippen LogP contribution in [0.2, 0.25) is 0 Å².